The topological polar surface area (TPSA) is 106 Å². The molecule has 9 heteroatoms. The average molecular weight is 411 g/mol. The van der Waals surface area contributed by atoms with Gasteiger partial charge < -0.3 is 24.8 Å². The number of fused-ring (bicyclic) bond motifs is 1. The molecule has 1 saturated heterocycles. The Morgan fingerprint density at radius 2 is 1.93 bits per heavy atom. The second kappa shape index (κ2) is 7.58. The number of hydrogen-bond donors (Lipinski definition) is 2. The lowest BCUT2D eigenvalue weighted by molar-refractivity contribution is -0.133. The van der Waals surface area contributed by atoms with E-state index in [1.165, 1.54) is 7.11 Å². The van der Waals surface area contributed by atoms with Crippen molar-refractivity contribution in [2.24, 2.45) is 0 Å². The number of benzene rings is 2. The minimum atomic E-state index is -1.32. The average Bonchev–Trinajstić information content (AvgIpc) is 2.97. The van der Waals surface area contributed by atoms with E-state index in [9.17, 15) is 14.4 Å². The number of imide groups is 1. The summed E-state index contributed by atoms with van der Waals surface area (Å²) in [5.41, 5.74) is -0.273. The van der Waals surface area contributed by atoms with Crippen molar-refractivity contribution in [1.29, 1.82) is 0 Å². The zero-order valence-electron chi connectivity index (χ0n) is 16.6. The molecule has 1 fully saturated rings. The van der Waals surface area contributed by atoms with Gasteiger partial charge in [-0.25, -0.2) is 4.79 Å². The highest BCUT2D eigenvalue weighted by Crippen LogP contribution is 2.36. The van der Waals surface area contributed by atoms with E-state index in [1.54, 1.807) is 49.4 Å². The smallest absolute Gasteiger partial charge is 0.325 e. The standard InChI is InChI=1S/C21H21N3O6/c1-21(13-6-7-16-17(10-13)30-9-8-29-16)19(26)24(20(27)23-21)12-18(25)22-14-4-3-5-15(11-14)28-2/h3-7,10-11H,8-9,12H2,1-2H3,(H,22,25)(H,23,27)/t21-/m1/s1. The maximum atomic E-state index is 13.1. The second-order valence-electron chi connectivity index (χ2n) is 7.09. The predicted octanol–water partition coefficient (Wildman–Crippen LogP) is 1.87. The third kappa shape index (κ3) is 3.49. The summed E-state index contributed by atoms with van der Waals surface area (Å²) in [6, 6.07) is 11.2. The zero-order valence-corrected chi connectivity index (χ0v) is 16.6. The number of carbonyl (C=O) groups is 3. The number of methoxy groups -OCH3 is 1. The first kappa shape index (κ1) is 19.6. The summed E-state index contributed by atoms with van der Waals surface area (Å²) in [6.45, 7) is 2.04. The van der Waals surface area contributed by atoms with Crippen molar-refractivity contribution in [1.82, 2.24) is 10.2 Å². The Morgan fingerprint density at radius 3 is 2.70 bits per heavy atom. The number of carbonyl (C=O) groups excluding carboxylic acids is 3. The van der Waals surface area contributed by atoms with E-state index in [-0.39, 0.29) is 0 Å². The number of nitrogens with one attached hydrogen (secondary N) is 2. The molecule has 0 aromatic heterocycles. The van der Waals surface area contributed by atoms with Gasteiger partial charge in [0.1, 0.15) is 31.0 Å². The number of anilines is 1. The lowest BCUT2D eigenvalue weighted by Crippen LogP contribution is -2.42. The molecule has 2 aromatic carbocycles. The lowest BCUT2D eigenvalue weighted by atomic mass is 9.91. The predicted molar refractivity (Wildman–Crippen MR) is 107 cm³/mol. The van der Waals surface area contributed by atoms with Crippen LogP contribution in [0.1, 0.15) is 12.5 Å². The van der Waals surface area contributed by atoms with Crippen LogP contribution in [0, 0.1) is 0 Å². The van der Waals surface area contributed by atoms with Gasteiger partial charge in [-0.15, -0.1) is 0 Å². The highest BCUT2D eigenvalue weighted by atomic mass is 16.6. The number of ether oxygens (including phenoxy) is 3. The van der Waals surface area contributed by atoms with Gasteiger partial charge in [-0.1, -0.05) is 12.1 Å². The highest BCUT2D eigenvalue weighted by Gasteiger charge is 2.49. The van der Waals surface area contributed by atoms with Gasteiger partial charge in [-0.3, -0.25) is 14.5 Å². The van der Waals surface area contributed by atoms with Gasteiger partial charge in [0.15, 0.2) is 11.5 Å². The van der Waals surface area contributed by atoms with E-state index in [4.69, 9.17) is 14.2 Å². The molecule has 2 heterocycles. The van der Waals surface area contributed by atoms with Crippen molar-refractivity contribution in [3.05, 3.63) is 48.0 Å². The van der Waals surface area contributed by atoms with E-state index in [0.717, 1.165) is 4.90 Å². The van der Waals surface area contributed by atoms with Crippen molar-refractivity contribution in [2.75, 3.05) is 32.2 Å². The van der Waals surface area contributed by atoms with Crippen LogP contribution < -0.4 is 24.8 Å². The first-order chi connectivity index (χ1) is 14.4. The van der Waals surface area contributed by atoms with Crippen LogP contribution in [-0.4, -0.2) is 49.6 Å². The van der Waals surface area contributed by atoms with Crippen molar-refractivity contribution >= 4 is 23.5 Å². The monoisotopic (exact) mass is 411 g/mol. The molecule has 2 aliphatic rings. The number of nitrogens with zero attached hydrogens (tertiary/aromatic N) is 1. The Morgan fingerprint density at radius 1 is 1.17 bits per heavy atom. The molecule has 4 rings (SSSR count). The number of amides is 4. The van der Waals surface area contributed by atoms with Gasteiger partial charge in [-0.05, 0) is 36.8 Å². The molecule has 0 radical (unpaired) electrons. The Bertz CT molecular complexity index is 1020. The fourth-order valence-electron chi connectivity index (χ4n) is 3.44. The van der Waals surface area contributed by atoms with Crippen LogP contribution in [0.3, 0.4) is 0 Å². The van der Waals surface area contributed by atoms with E-state index < -0.39 is 29.9 Å². The van der Waals surface area contributed by atoms with E-state index >= 15 is 0 Å². The van der Waals surface area contributed by atoms with Gasteiger partial charge in [0, 0.05) is 11.8 Å². The largest absolute Gasteiger partial charge is 0.497 e. The van der Waals surface area contributed by atoms with E-state index in [2.05, 4.69) is 10.6 Å². The van der Waals surface area contributed by atoms with Gasteiger partial charge in [0.2, 0.25) is 5.91 Å². The zero-order chi connectivity index (χ0) is 21.3. The minimum absolute atomic E-state index is 0.407. The molecule has 156 valence electrons. The van der Waals surface area contributed by atoms with Crippen molar-refractivity contribution in [3.63, 3.8) is 0 Å². The first-order valence-corrected chi connectivity index (χ1v) is 9.39. The molecule has 0 aliphatic carbocycles. The SMILES string of the molecule is COc1cccc(NC(=O)CN2C(=O)N[C@](C)(c3ccc4c(c3)OCCO4)C2=O)c1. The third-order valence-corrected chi connectivity index (χ3v) is 5.05. The normalized spacial score (nSPS) is 20.0. The van der Waals surface area contributed by atoms with Gasteiger partial charge in [0.25, 0.3) is 5.91 Å². The molecule has 9 nitrogen and oxygen atoms in total. The molecular formula is C21H21N3O6. The molecule has 30 heavy (non-hydrogen) atoms. The summed E-state index contributed by atoms with van der Waals surface area (Å²) in [5.74, 6) is 0.647. The molecule has 0 saturated carbocycles. The quantitative estimate of drug-likeness (QED) is 0.728. The van der Waals surface area contributed by atoms with Crippen LogP contribution in [0.4, 0.5) is 10.5 Å². The summed E-state index contributed by atoms with van der Waals surface area (Å²) < 4.78 is 16.2. The minimum Gasteiger partial charge on any atom is -0.497 e. The van der Waals surface area contributed by atoms with E-state index in [0.29, 0.717) is 41.7 Å². The Hall–Kier alpha value is -3.75. The maximum absolute atomic E-state index is 13.1. The highest BCUT2D eigenvalue weighted by molar-refractivity contribution is 6.10. The fourth-order valence-corrected chi connectivity index (χ4v) is 3.44. The molecule has 4 amide bonds. The summed E-state index contributed by atoms with van der Waals surface area (Å²) in [6.07, 6.45) is 0. The Labute approximate surface area is 172 Å². The summed E-state index contributed by atoms with van der Waals surface area (Å²) >= 11 is 0. The van der Waals surface area contributed by atoms with Crippen molar-refractivity contribution in [3.8, 4) is 17.2 Å². The van der Waals surface area contributed by atoms with Crippen LogP contribution in [0.2, 0.25) is 0 Å². The molecule has 2 aliphatic heterocycles. The number of rotatable bonds is 5. The molecule has 2 aromatic rings. The molecule has 2 N–H and O–H groups in total. The molecule has 0 spiro atoms. The Balaban J connectivity index is 1.50. The van der Waals surface area contributed by atoms with Gasteiger partial charge >= 0.3 is 6.03 Å². The van der Waals surface area contributed by atoms with Crippen molar-refractivity contribution < 1.29 is 28.6 Å². The van der Waals surface area contributed by atoms with Crippen molar-refractivity contribution in [2.45, 2.75) is 12.5 Å². The lowest BCUT2D eigenvalue weighted by Gasteiger charge is -2.25. The molecule has 0 bridgehead atoms. The second-order valence-corrected chi connectivity index (χ2v) is 7.09. The van der Waals surface area contributed by atoms with Gasteiger partial charge in [0.05, 0.1) is 7.11 Å². The van der Waals surface area contributed by atoms with Crippen LogP contribution in [0.5, 0.6) is 17.2 Å². The number of urea groups is 1. The van der Waals surface area contributed by atoms with E-state index in [1.807, 2.05) is 0 Å². The summed E-state index contributed by atoms with van der Waals surface area (Å²) in [4.78, 5) is 38.9. The van der Waals surface area contributed by atoms with Crippen LogP contribution in [0.15, 0.2) is 42.5 Å². The molecular weight excluding hydrogens is 390 g/mol. The third-order valence-electron chi connectivity index (χ3n) is 5.05. The maximum Gasteiger partial charge on any atom is 0.325 e. The van der Waals surface area contributed by atoms with Gasteiger partial charge in [-0.2, -0.15) is 0 Å². The first-order valence-electron chi connectivity index (χ1n) is 9.39. The molecule has 1 atom stereocenters. The number of hydrogen-bond acceptors (Lipinski definition) is 6. The van der Waals surface area contributed by atoms with Crippen LogP contribution >= 0.6 is 0 Å². The van der Waals surface area contributed by atoms with Crippen LogP contribution in [0.25, 0.3) is 0 Å². The van der Waals surface area contributed by atoms with Crippen LogP contribution in [-0.2, 0) is 15.1 Å². The summed E-state index contributed by atoms with van der Waals surface area (Å²) in [5, 5.41) is 5.35. The Kier molecular flexibility index (Phi) is 4.94. The fraction of sp³-hybridized carbons (Fsp3) is 0.286. The summed E-state index contributed by atoms with van der Waals surface area (Å²) in [7, 11) is 1.52. The molecule has 0 unspecified atom stereocenters.